The lowest BCUT2D eigenvalue weighted by Crippen LogP contribution is -2.30. The molecule has 1 fully saturated rings. The summed E-state index contributed by atoms with van der Waals surface area (Å²) in [6.45, 7) is 0.670. The van der Waals surface area contributed by atoms with Crippen molar-refractivity contribution in [3.8, 4) is 0 Å². The molecule has 1 saturated carbocycles. The van der Waals surface area contributed by atoms with Crippen LogP contribution in [-0.2, 0) is 21.2 Å². The highest BCUT2D eigenvalue weighted by Gasteiger charge is 2.46. The highest BCUT2D eigenvalue weighted by Crippen LogP contribution is 2.39. The Morgan fingerprint density at radius 2 is 1.94 bits per heavy atom. The minimum absolute atomic E-state index is 0.0223. The number of aryl methyl sites for hydroxylation is 1. The summed E-state index contributed by atoms with van der Waals surface area (Å²) in [5, 5.41) is 15.2. The Labute approximate surface area is 197 Å². The van der Waals surface area contributed by atoms with Crippen molar-refractivity contribution in [1.82, 2.24) is 10.2 Å². The molecule has 2 aliphatic rings. The topological polar surface area (TPSA) is 126 Å². The molecular formula is C19H21F3N6O4S2. The van der Waals surface area contributed by atoms with Crippen molar-refractivity contribution in [1.29, 1.82) is 0 Å². The fraction of sp³-hybridized carbons (Fsp3) is 0.526. The number of anilines is 2. The van der Waals surface area contributed by atoms with Gasteiger partial charge in [-0.05, 0) is 56.2 Å². The van der Waals surface area contributed by atoms with E-state index in [0.29, 0.717) is 18.7 Å². The Morgan fingerprint density at radius 3 is 2.65 bits per heavy atom. The van der Waals surface area contributed by atoms with Crippen LogP contribution >= 0.6 is 11.3 Å². The summed E-state index contributed by atoms with van der Waals surface area (Å²) >= 11 is 0.812. The van der Waals surface area contributed by atoms with Gasteiger partial charge in [0.25, 0.3) is 5.13 Å². The Morgan fingerprint density at radius 1 is 1.21 bits per heavy atom. The molecule has 0 unspecified atom stereocenters. The molecule has 1 aromatic carbocycles. The summed E-state index contributed by atoms with van der Waals surface area (Å²) in [5.74, 6) is -0.624. The molecule has 0 radical (unpaired) electrons. The molecule has 0 bridgehead atoms. The fourth-order valence-electron chi connectivity index (χ4n) is 3.81. The van der Waals surface area contributed by atoms with Gasteiger partial charge >= 0.3 is 21.5 Å². The Hall–Kier alpha value is -2.81. The molecule has 2 heterocycles. The van der Waals surface area contributed by atoms with Crippen LogP contribution in [0.1, 0.15) is 47.5 Å². The predicted molar refractivity (Wildman–Crippen MR) is 118 cm³/mol. The van der Waals surface area contributed by atoms with Crippen molar-refractivity contribution in [2.24, 2.45) is 10.2 Å². The highest BCUT2D eigenvalue weighted by molar-refractivity contribution is 7.93. The van der Waals surface area contributed by atoms with E-state index in [1.165, 1.54) is 12.1 Å². The average Bonchev–Trinajstić information content (AvgIpc) is 3.44. The van der Waals surface area contributed by atoms with E-state index in [2.05, 4.69) is 20.4 Å². The second-order valence-corrected chi connectivity index (χ2v) is 10.6. The number of nitrogens with one attached hydrogen (secondary N) is 1. The Bertz CT molecular complexity index is 1210. The number of alkyl halides is 3. The minimum atomic E-state index is -5.68. The molecule has 2 aromatic rings. The molecule has 0 amide bonds. The SMILES string of the molecule is CN1CCCc2cc(N=Nc3nnc(C(=O)OC4CCCC4)s3)c(NS(=O)(=O)C(F)(F)F)cc21. The summed E-state index contributed by atoms with van der Waals surface area (Å²) in [6.07, 6.45) is 4.87. The van der Waals surface area contributed by atoms with Crippen LogP contribution in [0.15, 0.2) is 22.4 Å². The molecule has 1 aliphatic heterocycles. The quantitative estimate of drug-likeness (QED) is 0.434. The number of carbonyl (C=O) groups excluding carboxylic acids is 1. The van der Waals surface area contributed by atoms with Gasteiger partial charge in [-0.25, -0.2) is 4.79 Å². The van der Waals surface area contributed by atoms with Crippen LogP contribution in [0, 0.1) is 0 Å². The van der Waals surface area contributed by atoms with Crippen molar-refractivity contribution >= 4 is 49.5 Å². The Balaban J connectivity index is 1.60. The van der Waals surface area contributed by atoms with Crippen LogP contribution in [0.2, 0.25) is 0 Å². The monoisotopic (exact) mass is 518 g/mol. The van der Waals surface area contributed by atoms with Crippen molar-refractivity contribution in [3.63, 3.8) is 0 Å². The number of esters is 1. The first kappa shape index (κ1) is 24.3. The van der Waals surface area contributed by atoms with Gasteiger partial charge in [-0.15, -0.1) is 20.4 Å². The highest BCUT2D eigenvalue weighted by atomic mass is 32.2. The molecule has 1 aromatic heterocycles. The van der Waals surface area contributed by atoms with Crippen LogP contribution in [0.5, 0.6) is 0 Å². The summed E-state index contributed by atoms with van der Waals surface area (Å²) < 4.78 is 69.3. The van der Waals surface area contributed by atoms with Crippen LogP contribution in [0.25, 0.3) is 0 Å². The summed E-state index contributed by atoms with van der Waals surface area (Å²) in [7, 11) is -3.92. The zero-order valence-electron chi connectivity index (χ0n) is 18.0. The van der Waals surface area contributed by atoms with E-state index in [4.69, 9.17) is 4.74 Å². The second-order valence-electron chi connectivity index (χ2n) is 7.98. The predicted octanol–water partition coefficient (Wildman–Crippen LogP) is 4.70. The summed E-state index contributed by atoms with van der Waals surface area (Å²) in [5.41, 5.74) is -4.61. The van der Waals surface area contributed by atoms with Gasteiger partial charge in [0.1, 0.15) is 11.8 Å². The second kappa shape index (κ2) is 9.44. The zero-order chi connectivity index (χ0) is 24.5. The first-order valence-electron chi connectivity index (χ1n) is 10.5. The molecule has 184 valence electrons. The molecule has 0 saturated heterocycles. The smallest absolute Gasteiger partial charge is 0.457 e. The van der Waals surface area contributed by atoms with Crippen molar-refractivity contribution < 1.29 is 31.1 Å². The maximum absolute atomic E-state index is 13.0. The van der Waals surface area contributed by atoms with Gasteiger partial charge < -0.3 is 9.64 Å². The molecule has 34 heavy (non-hydrogen) atoms. The van der Waals surface area contributed by atoms with Crippen molar-refractivity contribution in [2.75, 3.05) is 23.2 Å². The first-order chi connectivity index (χ1) is 16.0. The van der Waals surface area contributed by atoms with Gasteiger partial charge in [-0.3, -0.25) is 4.72 Å². The van der Waals surface area contributed by atoms with E-state index in [1.807, 2.05) is 4.90 Å². The number of hydrogen-bond acceptors (Lipinski definition) is 10. The van der Waals surface area contributed by atoms with E-state index in [-0.39, 0.29) is 27.6 Å². The number of ether oxygens (including phenoxy) is 1. The largest absolute Gasteiger partial charge is 0.516 e. The van der Waals surface area contributed by atoms with Crippen LogP contribution in [0.3, 0.4) is 0 Å². The maximum Gasteiger partial charge on any atom is 0.516 e. The number of azo groups is 1. The number of sulfonamides is 1. The van der Waals surface area contributed by atoms with Crippen molar-refractivity contribution in [2.45, 2.75) is 50.1 Å². The normalized spacial score (nSPS) is 17.2. The molecule has 0 spiro atoms. The van der Waals surface area contributed by atoms with Crippen LogP contribution in [-0.4, -0.2) is 49.8 Å². The zero-order valence-corrected chi connectivity index (χ0v) is 19.6. The van der Waals surface area contributed by atoms with Gasteiger partial charge in [0, 0.05) is 19.3 Å². The molecular weight excluding hydrogens is 497 g/mol. The number of rotatable bonds is 6. The van der Waals surface area contributed by atoms with Crippen LogP contribution in [0.4, 0.5) is 35.4 Å². The molecule has 4 rings (SSSR count). The summed E-state index contributed by atoms with van der Waals surface area (Å²) in [4.78, 5) is 14.0. The third kappa shape index (κ3) is 5.29. The number of hydrogen-bond donors (Lipinski definition) is 1. The van der Waals surface area contributed by atoms with E-state index in [1.54, 1.807) is 11.8 Å². The number of benzene rings is 1. The fourth-order valence-corrected chi connectivity index (χ4v) is 4.93. The third-order valence-corrected chi connectivity index (χ3v) is 7.39. The number of carbonyl (C=O) groups is 1. The lowest BCUT2D eigenvalue weighted by atomic mass is 10.0. The molecule has 10 nitrogen and oxygen atoms in total. The average molecular weight is 519 g/mol. The van der Waals surface area contributed by atoms with E-state index in [9.17, 15) is 26.4 Å². The van der Waals surface area contributed by atoms with Gasteiger partial charge in [0.15, 0.2) is 0 Å². The van der Waals surface area contributed by atoms with Crippen LogP contribution < -0.4 is 9.62 Å². The number of halogens is 3. The lowest BCUT2D eigenvalue weighted by Gasteiger charge is -2.28. The molecule has 1 aliphatic carbocycles. The van der Waals surface area contributed by atoms with Gasteiger partial charge in [-0.1, -0.05) is 11.3 Å². The molecule has 15 heteroatoms. The molecule has 1 N–H and O–H groups in total. The van der Waals surface area contributed by atoms with Gasteiger partial charge in [0.05, 0.1) is 5.69 Å². The van der Waals surface area contributed by atoms with Gasteiger partial charge in [-0.2, -0.15) is 21.6 Å². The van der Waals surface area contributed by atoms with E-state index >= 15 is 0 Å². The number of fused-ring (bicyclic) bond motifs is 1. The van der Waals surface area contributed by atoms with E-state index < -0.39 is 21.5 Å². The lowest BCUT2D eigenvalue weighted by molar-refractivity contribution is -0.0429. The standard InChI is InChI=1S/C19H21F3N6O4S2/c1-28-8-4-5-11-9-13(14(10-15(11)28)27-34(30,31)19(20,21)22)23-25-18-26-24-16(33-18)17(29)32-12-6-2-3-7-12/h9-10,12,27H,2-8H2,1H3. The third-order valence-electron chi connectivity index (χ3n) is 5.51. The molecule has 0 atom stereocenters. The van der Waals surface area contributed by atoms with Gasteiger partial charge in [0.2, 0.25) is 5.01 Å². The summed E-state index contributed by atoms with van der Waals surface area (Å²) in [6, 6.07) is 2.79. The number of aromatic nitrogens is 2. The van der Waals surface area contributed by atoms with Crippen molar-refractivity contribution in [3.05, 3.63) is 22.7 Å². The minimum Gasteiger partial charge on any atom is -0.457 e. The Kier molecular flexibility index (Phi) is 6.75. The maximum atomic E-state index is 13.0. The van der Waals surface area contributed by atoms with E-state index in [0.717, 1.165) is 49.0 Å². The first-order valence-corrected chi connectivity index (χ1v) is 12.8. The number of nitrogens with zero attached hydrogens (tertiary/aromatic N) is 5.